The van der Waals surface area contributed by atoms with E-state index < -0.39 is 0 Å². The summed E-state index contributed by atoms with van der Waals surface area (Å²) < 4.78 is 11.1. The zero-order valence-electron chi connectivity index (χ0n) is 16.3. The third-order valence-electron chi connectivity index (χ3n) is 6.19. The number of rotatable bonds is 4. The standard InChI is InChI=1S/C22H30N2O3/c1-18-20(27-15-14-26-18)21(25)24-13-10-22(17-24)9-5-11-23(16-22)12-8-19-6-3-2-4-7-19/h2-4,6-7H,5,8-17H2,1H3/t22-/m0/s1. The number of hydrogen-bond acceptors (Lipinski definition) is 4. The lowest BCUT2D eigenvalue weighted by Crippen LogP contribution is -2.46. The van der Waals surface area contributed by atoms with Crippen molar-refractivity contribution in [3.05, 3.63) is 47.4 Å². The van der Waals surface area contributed by atoms with Crippen LogP contribution < -0.4 is 0 Å². The highest BCUT2D eigenvalue weighted by atomic mass is 16.6. The largest absolute Gasteiger partial charge is 0.491 e. The average Bonchev–Trinajstić information content (AvgIpc) is 3.10. The van der Waals surface area contributed by atoms with E-state index in [1.165, 1.54) is 24.9 Å². The van der Waals surface area contributed by atoms with Gasteiger partial charge in [0.1, 0.15) is 19.0 Å². The number of piperidine rings is 1. The molecule has 3 aliphatic heterocycles. The van der Waals surface area contributed by atoms with Gasteiger partial charge in [0, 0.05) is 31.6 Å². The summed E-state index contributed by atoms with van der Waals surface area (Å²) in [7, 11) is 0. The first-order valence-corrected chi connectivity index (χ1v) is 10.2. The Morgan fingerprint density at radius 3 is 2.70 bits per heavy atom. The summed E-state index contributed by atoms with van der Waals surface area (Å²) in [6.45, 7) is 7.85. The van der Waals surface area contributed by atoms with Crippen molar-refractivity contribution < 1.29 is 14.3 Å². The van der Waals surface area contributed by atoms with Crippen molar-refractivity contribution in [1.82, 2.24) is 9.80 Å². The van der Waals surface area contributed by atoms with E-state index in [-0.39, 0.29) is 11.3 Å². The second-order valence-corrected chi connectivity index (χ2v) is 8.17. The number of allylic oxidation sites excluding steroid dienone is 1. The summed E-state index contributed by atoms with van der Waals surface area (Å²) in [6, 6.07) is 10.7. The highest BCUT2D eigenvalue weighted by Gasteiger charge is 2.43. The fraction of sp³-hybridized carbons (Fsp3) is 0.591. The van der Waals surface area contributed by atoms with Crippen LogP contribution in [0, 0.1) is 5.41 Å². The van der Waals surface area contributed by atoms with Crippen LogP contribution in [0.1, 0.15) is 31.7 Å². The zero-order valence-corrected chi connectivity index (χ0v) is 16.3. The molecule has 0 bridgehead atoms. The van der Waals surface area contributed by atoms with Crippen molar-refractivity contribution in [2.75, 3.05) is 45.9 Å². The minimum Gasteiger partial charge on any atom is -0.491 e. The van der Waals surface area contributed by atoms with Crippen molar-refractivity contribution in [3.63, 3.8) is 0 Å². The number of benzene rings is 1. The Bertz CT molecular complexity index is 703. The van der Waals surface area contributed by atoms with Crippen LogP contribution >= 0.6 is 0 Å². The molecule has 5 heteroatoms. The highest BCUT2D eigenvalue weighted by Crippen LogP contribution is 2.39. The fourth-order valence-electron chi connectivity index (χ4n) is 4.74. The molecule has 2 saturated heterocycles. The quantitative estimate of drug-likeness (QED) is 0.817. The Hall–Kier alpha value is -2.01. The number of hydrogen-bond donors (Lipinski definition) is 0. The first kappa shape index (κ1) is 18.4. The molecule has 3 aliphatic rings. The van der Waals surface area contributed by atoms with Crippen molar-refractivity contribution >= 4 is 5.91 Å². The monoisotopic (exact) mass is 370 g/mol. The van der Waals surface area contributed by atoms with Crippen molar-refractivity contribution in [1.29, 1.82) is 0 Å². The summed E-state index contributed by atoms with van der Waals surface area (Å²) in [5.74, 6) is 1.04. The number of ether oxygens (including phenoxy) is 2. The number of carbonyl (C=O) groups is 1. The van der Waals surface area contributed by atoms with Crippen molar-refractivity contribution in [2.45, 2.75) is 32.6 Å². The van der Waals surface area contributed by atoms with Gasteiger partial charge in [0.25, 0.3) is 5.91 Å². The SMILES string of the molecule is CC1=C(C(=O)N2CC[C@]3(CCCN(CCc4ccccc4)C3)C2)OCCO1. The molecule has 0 aliphatic carbocycles. The van der Waals surface area contributed by atoms with E-state index in [0.29, 0.717) is 24.7 Å². The van der Waals surface area contributed by atoms with Crippen LogP contribution in [0.4, 0.5) is 0 Å². The Morgan fingerprint density at radius 2 is 1.89 bits per heavy atom. The predicted molar refractivity (Wildman–Crippen MR) is 104 cm³/mol. The summed E-state index contributed by atoms with van der Waals surface area (Å²) in [5, 5.41) is 0. The van der Waals surface area contributed by atoms with Crippen LogP contribution in [0.15, 0.2) is 41.9 Å². The summed E-state index contributed by atoms with van der Waals surface area (Å²) in [4.78, 5) is 17.5. The first-order chi connectivity index (χ1) is 13.2. The van der Waals surface area contributed by atoms with Gasteiger partial charge in [-0.1, -0.05) is 30.3 Å². The fourth-order valence-corrected chi connectivity index (χ4v) is 4.74. The highest BCUT2D eigenvalue weighted by molar-refractivity contribution is 5.92. The summed E-state index contributed by atoms with van der Waals surface area (Å²) >= 11 is 0. The molecule has 1 amide bonds. The van der Waals surface area contributed by atoms with Gasteiger partial charge in [-0.3, -0.25) is 4.79 Å². The average molecular weight is 370 g/mol. The van der Waals surface area contributed by atoms with Crippen LogP contribution in [0.3, 0.4) is 0 Å². The van der Waals surface area contributed by atoms with E-state index in [2.05, 4.69) is 35.2 Å². The lowest BCUT2D eigenvalue weighted by molar-refractivity contribution is -0.132. The van der Waals surface area contributed by atoms with Gasteiger partial charge in [0.2, 0.25) is 5.76 Å². The van der Waals surface area contributed by atoms with Gasteiger partial charge < -0.3 is 19.3 Å². The Morgan fingerprint density at radius 1 is 1.07 bits per heavy atom. The Kier molecular flexibility index (Phi) is 5.39. The smallest absolute Gasteiger partial charge is 0.292 e. The van der Waals surface area contributed by atoms with E-state index in [0.717, 1.165) is 39.0 Å². The van der Waals surface area contributed by atoms with Crippen LogP contribution in [-0.4, -0.2) is 61.6 Å². The molecule has 0 radical (unpaired) electrons. The molecule has 1 atom stereocenters. The van der Waals surface area contributed by atoms with E-state index in [1.54, 1.807) is 0 Å². The molecule has 4 rings (SSSR count). The van der Waals surface area contributed by atoms with Gasteiger partial charge >= 0.3 is 0 Å². The molecular weight excluding hydrogens is 340 g/mol. The zero-order chi connectivity index (χ0) is 18.7. The Balaban J connectivity index is 1.35. The maximum absolute atomic E-state index is 12.9. The van der Waals surface area contributed by atoms with E-state index in [1.807, 2.05) is 11.8 Å². The minimum absolute atomic E-state index is 0.00508. The third-order valence-corrected chi connectivity index (χ3v) is 6.19. The van der Waals surface area contributed by atoms with Crippen molar-refractivity contribution in [2.24, 2.45) is 5.41 Å². The lowest BCUT2D eigenvalue weighted by atomic mass is 9.79. The molecule has 1 aromatic rings. The van der Waals surface area contributed by atoms with Gasteiger partial charge in [-0.2, -0.15) is 0 Å². The maximum atomic E-state index is 12.9. The summed E-state index contributed by atoms with van der Waals surface area (Å²) in [6.07, 6.45) is 4.62. The predicted octanol–water partition coefficient (Wildman–Crippen LogP) is 2.82. The minimum atomic E-state index is 0.00508. The molecule has 2 fully saturated rings. The molecule has 0 unspecified atom stereocenters. The number of nitrogens with zero attached hydrogens (tertiary/aromatic N) is 2. The van der Waals surface area contributed by atoms with E-state index in [9.17, 15) is 4.79 Å². The normalized spacial score (nSPS) is 26.2. The van der Waals surface area contributed by atoms with Gasteiger partial charge in [-0.25, -0.2) is 0 Å². The van der Waals surface area contributed by atoms with Crippen LogP contribution in [-0.2, 0) is 20.7 Å². The topological polar surface area (TPSA) is 42.0 Å². The molecular formula is C22H30N2O3. The van der Waals surface area contributed by atoms with Crippen LogP contribution in [0.5, 0.6) is 0 Å². The molecule has 0 aromatic heterocycles. The van der Waals surface area contributed by atoms with Gasteiger partial charge in [-0.15, -0.1) is 0 Å². The van der Waals surface area contributed by atoms with E-state index >= 15 is 0 Å². The molecule has 0 N–H and O–H groups in total. The van der Waals surface area contributed by atoms with E-state index in [4.69, 9.17) is 9.47 Å². The second kappa shape index (κ2) is 7.93. The number of carbonyl (C=O) groups excluding carboxylic acids is 1. The first-order valence-electron chi connectivity index (χ1n) is 10.2. The molecule has 146 valence electrons. The number of likely N-dealkylation sites (tertiary alicyclic amines) is 2. The van der Waals surface area contributed by atoms with Crippen LogP contribution in [0.2, 0.25) is 0 Å². The van der Waals surface area contributed by atoms with Gasteiger partial charge in [0.15, 0.2) is 0 Å². The molecule has 1 spiro atoms. The molecule has 0 saturated carbocycles. The molecule has 5 nitrogen and oxygen atoms in total. The number of amides is 1. The van der Waals surface area contributed by atoms with Crippen molar-refractivity contribution in [3.8, 4) is 0 Å². The molecule has 1 aromatic carbocycles. The Labute approximate surface area is 161 Å². The van der Waals surface area contributed by atoms with Gasteiger partial charge in [-0.05, 0) is 44.7 Å². The second-order valence-electron chi connectivity index (χ2n) is 8.17. The maximum Gasteiger partial charge on any atom is 0.292 e. The third kappa shape index (κ3) is 4.13. The molecule has 27 heavy (non-hydrogen) atoms. The van der Waals surface area contributed by atoms with Crippen LogP contribution in [0.25, 0.3) is 0 Å². The van der Waals surface area contributed by atoms with Gasteiger partial charge in [0.05, 0.1) is 0 Å². The summed E-state index contributed by atoms with van der Waals surface area (Å²) in [5.41, 5.74) is 1.64. The molecule has 3 heterocycles. The lowest BCUT2D eigenvalue weighted by Gasteiger charge is -2.40.